The van der Waals surface area contributed by atoms with Gasteiger partial charge in [0, 0.05) is 17.6 Å². The largest absolute Gasteiger partial charge is 0.355 e. The second-order valence-corrected chi connectivity index (χ2v) is 5.82. The van der Waals surface area contributed by atoms with Crippen LogP contribution < -0.4 is 10.6 Å². The Morgan fingerprint density at radius 1 is 1.13 bits per heavy atom. The highest BCUT2D eigenvalue weighted by Gasteiger charge is 2.07. The fraction of sp³-hybridized carbons (Fsp3) is 0.278. The molecule has 23 heavy (non-hydrogen) atoms. The quantitative estimate of drug-likeness (QED) is 0.813. The lowest BCUT2D eigenvalue weighted by Gasteiger charge is -2.14. The van der Waals surface area contributed by atoms with Crippen LogP contribution >= 0.6 is 11.6 Å². The first-order valence-electron chi connectivity index (χ1n) is 7.54. The number of benzene rings is 2. The lowest BCUT2D eigenvalue weighted by Crippen LogP contribution is -2.36. The van der Waals surface area contributed by atoms with E-state index in [-0.39, 0.29) is 24.3 Å². The lowest BCUT2D eigenvalue weighted by molar-refractivity contribution is -0.120. The van der Waals surface area contributed by atoms with Crippen LogP contribution in [0.1, 0.15) is 24.1 Å². The summed E-state index contributed by atoms with van der Waals surface area (Å²) in [6.45, 7) is 2.77. The monoisotopic (exact) mass is 334 g/mol. The van der Waals surface area contributed by atoms with E-state index >= 15 is 0 Å². The molecule has 0 aliphatic heterocycles. The van der Waals surface area contributed by atoms with Gasteiger partial charge in [0.05, 0.1) is 6.54 Å². The van der Waals surface area contributed by atoms with Crippen LogP contribution in [-0.2, 0) is 11.2 Å². The van der Waals surface area contributed by atoms with Gasteiger partial charge in [-0.15, -0.1) is 0 Å². The Morgan fingerprint density at radius 3 is 2.43 bits per heavy atom. The molecule has 0 fully saturated rings. The van der Waals surface area contributed by atoms with Crippen LogP contribution in [-0.4, -0.2) is 19.0 Å². The van der Waals surface area contributed by atoms with E-state index in [1.165, 1.54) is 12.1 Å². The van der Waals surface area contributed by atoms with Gasteiger partial charge in [-0.2, -0.15) is 0 Å². The van der Waals surface area contributed by atoms with Crippen molar-refractivity contribution in [3.8, 4) is 0 Å². The number of carbonyl (C=O) groups is 1. The summed E-state index contributed by atoms with van der Waals surface area (Å²) in [5, 5.41) is 6.71. The second-order valence-electron chi connectivity index (χ2n) is 5.38. The van der Waals surface area contributed by atoms with Gasteiger partial charge in [-0.3, -0.25) is 4.79 Å². The van der Waals surface area contributed by atoms with Crippen LogP contribution in [0.15, 0.2) is 48.5 Å². The molecule has 0 aliphatic carbocycles. The Hall–Kier alpha value is -1.91. The number of rotatable bonds is 7. The zero-order valence-electron chi connectivity index (χ0n) is 13.0. The zero-order valence-corrected chi connectivity index (χ0v) is 13.7. The average molecular weight is 335 g/mol. The van der Waals surface area contributed by atoms with Crippen LogP contribution in [0.2, 0.25) is 5.02 Å². The van der Waals surface area contributed by atoms with Gasteiger partial charge in [-0.1, -0.05) is 35.9 Å². The highest BCUT2D eigenvalue weighted by molar-refractivity contribution is 6.30. The van der Waals surface area contributed by atoms with E-state index in [0.29, 0.717) is 18.0 Å². The number of amides is 1. The maximum atomic E-state index is 12.8. The van der Waals surface area contributed by atoms with Crippen molar-refractivity contribution in [2.75, 3.05) is 13.1 Å². The molecular formula is C18H20ClFN2O. The molecule has 0 unspecified atom stereocenters. The molecule has 0 heterocycles. The molecule has 0 aromatic heterocycles. The van der Waals surface area contributed by atoms with Gasteiger partial charge in [0.25, 0.3) is 0 Å². The maximum absolute atomic E-state index is 12.8. The summed E-state index contributed by atoms with van der Waals surface area (Å²) in [4.78, 5) is 11.8. The molecule has 3 nitrogen and oxygen atoms in total. The van der Waals surface area contributed by atoms with Crippen molar-refractivity contribution in [1.82, 2.24) is 10.6 Å². The summed E-state index contributed by atoms with van der Waals surface area (Å²) in [7, 11) is 0. The summed E-state index contributed by atoms with van der Waals surface area (Å²) in [6, 6.07) is 13.9. The minimum Gasteiger partial charge on any atom is -0.355 e. The highest BCUT2D eigenvalue weighted by atomic mass is 35.5. The van der Waals surface area contributed by atoms with Crippen molar-refractivity contribution >= 4 is 17.5 Å². The van der Waals surface area contributed by atoms with Crippen molar-refractivity contribution in [3.63, 3.8) is 0 Å². The van der Waals surface area contributed by atoms with Crippen molar-refractivity contribution in [2.45, 2.75) is 19.4 Å². The van der Waals surface area contributed by atoms with E-state index in [4.69, 9.17) is 11.6 Å². The standard InChI is InChI=1S/C18H20ClFN2O/c1-13(15-4-6-16(19)7-5-15)22-12-18(23)21-11-10-14-2-8-17(20)9-3-14/h2-9,13,22H,10-12H2,1H3,(H,21,23)/t13-/m0/s1. The summed E-state index contributed by atoms with van der Waals surface area (Å²) >= 11 is 5.85. The van der Waals surface area contributed by atoms with Crippen molar-refractivity contribution in [2.24, 2.45) is 0 Å². The Balaban J connectivity index is 1.68. The number of hydrogen-bond donors (Lipinski definition) is 2. The fourth-order valence-electron chi connectivity index (χ4n) is 2.17. The number of carbonyl (C=O) groups excluding carboxylic acids is 1. The molecule has 0 saturated carbocycles. The molecule has 2 rings (SSSR count). The van der Waals surface area contributed by atoms with E-state index in [1.54, 1.807) is 12.1 Å². The van der Waals surface area contributed by atoms with Gasteiger partial charge >= 0.3 is 0 Å². The molecule has 5 heteroatoms. The molecule has 0 aliphatic rings. The Bertz CT molecular complexity index is 628. The molecule has 2 aromatic rings. The Labute approximate surface area is 140 Å². The van der Waals surface area contributed by atoms with E-state index < -0.39 is 0 Å². The molecule has 122 valence electrons. The minimum atomic E-state index is -0.252. The molecule has 0 saturated heterocycles. The molecule has 1 atom stereocenters. The van der Waals surface area contributed by atoms with Crippen molar-refractivity contribution in [1.29, 1.82) is 0 Å². The summed E-state index contributed by atoms with van der Waals surface area (Å²) in [5.74, 6) is -0.314. The van der Waals surface area contributed by atoms with E-state index in [9.17, 15) is 9.18 Å². The summed E-state index contributed by atoms with van der Waals surface area (Å²) in [5.41, 5.74) is 2.07. The van der Waals surface area contributed by atoms with Gasteiger partial charge in [0.1, 0.15) is 5.82 Å². The number of hydrogen-bond acceptors (Lipinski definition) is 2. The Kier molecular flexibility index (Phi) is 6.56. The van der Waals surface area contributed by atoms with Gasteiger partial charge in [0.2, 0.25) is 5.91 Å². The van der Waals surface area contributed by atoms with E-state index in [2.05, 4.69) is 10.6 Å². The van der Waals surface area contributed by atoms with E-state index in [1.807, 2.05) is 31.2 Å². The minimum absolute atomic E-state index is 0.0621. The molecule has 1 amide bonds. The van der Waals surface area contributed by atoms with Crippen LogP contribution in [0.3, 0.4) is 0 Å². The highest BCUT2D eigenvalue weighted by Crippen LogP contribution is 2.15. The zero-order chi connectivity index (χ0) is 16.7. The first kappa shape index (κ1) is 17.4. The van der Waals surface area contributed by atoms with Crippen LogP contribution in [0.4, 0.5) is 4.39 Å². The predicted molar refractivity (Wildman–Crippen MR) is 91.0 cm³/mol. The number of halogens is 2. The molecule has 2 aromatic carbocycles. The fourth-order valence-corrected chi connectivity index (χ4v) is 2.30. The lowest BCUT2D eigenvalue weighted by atomic mass is 10.1. The topological polar surface area (TPSA) is 41.1 Å². The number of nitrogens with one attached hydrogen (secondary N) is 2. The normalized spacial score (nSPS) is 12.0. The smallest absolute Gasteiger partial charge is 0.233 e. The molecule has 0 spiro atoms. The van der Waals surface area contributed by atoms with Crippen LogP contribution in [0, 0.1) is 5.82 Å². The third kappa shape index (κ3) is 6.00. The van der Waals surface area contributed by atoms with Gasteiger partial charge in [-0.25, -0.2) is 4.39 Å². The average Bonchev–Trinajstić information content (AvgIpc) is 2.55. The summed E-state index contributed by atoms with van der Waals surface area (Å²) in [6.07, 6.45) is 0.679. The molecule has 0 bridgehead atoms. The van der Waals surface area contributed by atoms with E-state index in [0.717, 1.165) is 11.1 Å². The predicted octanol–water partition coefficient (Wildman–Crippen LogP) is 3.49. The second kappa shape index (κ2) is 8.65. The third-order valence-electron chi connectivity index (χ3n) is 3.59. The molecular weight excluding hydrogens is 315 g/mol. The van der Waals surface area contributed by atoms with Crippen LogP contribution in [0.25, 0.3) is 0 Å². The third-order valence-corrected chi connectivity index (χ3v) is 3.84. The first-order chi connectivity index (χ1) is 11.0. The summed E-state index contributed by atoms with van der Waals surface area (Å²) < 4.78 is 12.8. The van der Waals surface area contributed by atoms with Crippen molar-refractivity contribution < 1.29 is 9.18 Å². The van der Waals surface area contributed by atoms with Gasteiger partial charge < -0.3 is 10.6 Å². The van der Waals surface area contributed by atoms with Gasteiger partial charge in [-0.05, 0) is 48.7 Å². The Morgan fingerprint density at radius 2 is 1.78 bits per heavy atom. The molecule has 2 N–H and O–H groups in total. The maximum Gasteiger partial charge on any atom is 0.233 e. The SMILES string of the molecule is C[C@H](NCC(=O)NCCc1ccc(F)cc1)c1ccc(Cl)cc1. The van der Waals surface area contributed by atoms with Crippen LogP contribution in [0.5, 0.6) is 0 Å². The molecule has 0 radical (unpaired) electrons. The first-order valence-corrected chi connectivity index (χ1v) is 7.92. The van der Waals surface area contributed by atoms with Gasteiger partial charge in [0.15, 0.2) is 0 Å². The van der Waals surface area contributed by atoms with Crippen molar-refractivity contribution in [3.05, 3.63) is 70.5 Å².